The van der Waals surface area contributed by atoms with Gasteiger partial charge in [0.15, 0.2) is 5.78 Å². The van der Waals surface area contributed by atoms with Crippen LogP contribution in [0.25, 0.3) is 0 Å². The van der Waals surface area contributed by atoms with Crippen LogP contribution in [0.2, 0.25) is 0 Å². The van der Waals surface area contributed by atoms with Crippen molar-refractivity contribution in [1.82, 2.24) is 0 Å². The molecule has 108 valence electrons. The van der Waals surface area contributed by atoms with Crippen molar-refractivity contribution in [2.45, 2.75) is 60.2 Å². The first-order valence-electron chi connectivity index (χ1n) is 6.77. The van der Waals surface area contributed by atoms with E-state index in [9.17, 15) is 4.79 Å². The van der Waals surface area contributed by atoms with Gasteiger partial charge in [-0.05, 0) is 13.8 Å². The fraction of sp³-hybridized carbons (Fsp3) is 0.562. The Hall–Kier alpha value is -0.630. The summed E-state index contributed by atoms with van der Waals surface area (Å²) in [7, 11) is 0. The third-order valence-electron chi connectivity index (χ3n) is 1.33. The van der Waals surface area contributed by atoms with Crippen molar-refractivity contribution in [1.29, 1.82) is 0 Å². The molecule has 0 aromatic heterocycles. The topological polar surface area (TPSA) is 17.1 Å². The zero-order chi connectivity index (χ0) is 15.6. The lowest BCUT2D eigenvalue weighted by atomic mass is 10.1. The average Bonchev–Trinajstić information content (AvgIpc) is 2.46. The number of Topliss-reactive ketones (excluding diaryl/α,β-unsaturated/α-hetero) is 1. The van der Waals surface area contributed by atoms with Crippen LogP contribution < -0.4 is 0 Å². The molecule has 0 spiro atoms. The van der Waals surface area contributed by atoms with Crippen LogP contribution in [-0.4, -0.2) is 10.6 Å². The van der Waals surface area contributed by atoms with Gasteiger partial charge in [-0.1, -0.05) is 88.4 Å². The summed E-state index contributed by atoms with van der Waals surface area (Å²) in [4.78, 5) is 11.2. The lowest BCUT2D eigenvalue weighted by Crippen LogP contribution is -2.10. The third kappa shape index (κ3) is 17.8. The predicted octanol–water partition coefficient (Wildman–Crippen LogP) is 6.11. The Morgan fingerprint density at radius 2 is 1.50 bits per heavy atom. The molecule has 0 rings (SSSR count). The van der Waals surface area contributed by atoms with Gasteiger partial charge in [0.25, 0.3) is 0 Å². The first kappa shape index (κ1) is 26.0. The maximum Gasteiger partial charge on any atom is 0.176 e. The molecule has 2 heteroatoms. The summed E-state index contributed by atoms with van der Waals surface area (Å²) in [5, 5.41) is 0. The quantitative estimate of drug-likeness (QED) is 0.347. The molecule has 0 aromatic rings. The van der Waals surface area contributed by atoms with E-state index >= 15 is 0 Å². The highest BCUT2D eigenvalue weighted by atomic mass is 79.9. The molecule has 1 nitrogen and oxygen atoms in total. The van der Waals surface area contributed by atoms with Gasteiger partial charge in [-0.15, -0.1) is 0 Å². The van der Waals surface area contributed by atoms with Crippen LogP contribution in [-0.2, 0) is 4.79 Å². The largest absolute Gasteiger partial charge is 0.293 e. The fourth-order valence-corrected chi connectivity index (χ4v) is 0.945. The molecule has 0 saturated heterocycles. The minimum Gasteiger partial charge on any atom is -0.293 e. The Morgan fingerprint density at radius 1 is 1.11 bits per heavy atom. The fourth-order valence-electron chi connectivity index (χ4n) is 0.680. The van der Waals surface area contributed by atoms with E-state index in [0.29, 0.717) is 5.57 Å². The number of halogens is 1. The summed E-state index contributed by atoms with van der Waals surface area (Å²) < 4.78 is 0. The highest BCUT2D eigenvalue weighted by Crippen LogP contribution is 2.08. The smallest absolute Gasteiger partial charge is 0.176 e. The van der Waals surface area contributed by atoms with Crippen LogP contribution in [0.15, 0.2) is 36.5 Å². The average molecular weight is 319 g/mol. The van der Waals surface area contributed by atoms with E-state index in [4.69, 9.17) is 0 Å². The molecule has 1 atom stereocenters. The Bertz CT molecular complexity index is 225. The van der Waals surface area contributed by atoms with E-state index in [1.165, 1.54) is 0 Å². The molecule has 0 aromatic carbocycles. The van der Waals surface area contributed by atoms with Crippen molar-refractivity contribution in [3.63, 3.8) is 0 Å². The summed E-state index contributed by atoms with van der Waals surface area (Å²) in [5.74, 6) is 0.0584. The predicted molar refractivity (Wildman–Crippen MR) is 90.5 cm³/mol. The monoisotopic (exact) mass is 318 g/mol. The van der Waals surface area contributed by atoms with Gasteiger partial charge in [-0.3, -0.25) is 4.79 Å². The molecule has 0 fully saturated rings. The summed E-state index contributed by atoms with van der Waals surface area (Å²) in [6, 6.07) is 0. The molecule has 0 aliphatic rings. The summed E-state index contributed by atoms with van der Waals surface area (Å²) in [5.41, 5.74) is 0.637. The molecule has 0 N–H and O–H groups in total. The van der Waals surface area contributed by atoms with Gasteiger partial charge in [-0.2, -0.15) is 0 Å². The van der Waals surface area contributed by atoms with Crippen LogP contribution in [0.4, 0.5) is 0 Å². The lowest BCUT2D eigenvalue weighted by molar-refractivity contribution is -0.114. The first-order chi connectivity index (χ1) is 8.63. The Kier molecular flexibility index (Phi) is 36.6. The summed E-state index contributed by atoms with van der Waals surface area (Å²) >= 11 is 3.21. The molecule has 0 radical (unpaired) electrons. The van der Waals surface area contributed by atoms with Gasteiger partial charge in [0.05, 0.1) is 4.83 Å². The molecule has 0 amide bonds. The van der Waals surface area contributed by atoms with Crippen LogP contribution in [0.5, 0.6) is 0 Å². The van der Waals surface area contributed by atoms with Gasteiger partial charge < -0.3 is 0 Å². The Balaban J connectivity index is -0.000000141. The summed E-state index contributed by atoms with van der Waals surface area (Å²) in [6.45, 7) is 19.3. The maximum atomic E-state index is 11.4. The zero-order valence-corrected chi connectivity index (χ0v) is 15.0. The molecular formula is C16H31BrO. The van der Waals surface area contributed by atoms with Crippen LogP contribution in [0.1, 0.15) is 55.4 Å². The van der Waals surface area contributed by atoms with E-state index in [2.05, 4.69) is 22.5 Å². The molecule has 0 bridgehead atoms. The minimum absolute atomic E-state index is 0.0584. The Morgan fingerprint density at radius 3 is 1.72 bits per heavy atom. The van der Waals surface area contributed by atoms with Crippen LogP contribution >= 0.6 is 15.9 Å². The SMILES string of the molecule is C=C/C(=C\C=C/C)C(=O)C(C)Br.CC.CC.CC. The summed E-state index contributed by atoms with van der Waals surface area (Å²) in [6.07, 6.45) is 7.02. The van der Waals surface area contributed by atoms with Crippen LogP contribution in [0, 0.1) is 0 Å². The number of carbonyl (C=O) groups excluding carboxylic acids is 1. The number of carbonyl (C=O) groups is 1. The number of hydrogen-bond acceptors (Lipinski definition) is 1. The maximum absolute atomic E-state index is 11.4. The zero-order valence-electron chi connectivity index (χ0n) is 13.4. The second kappa shape index (κ2) is 25.3. The molecule has 18 heavy (non-hydrogen) atoms. The lowest BCUT2D eigenvalue weighted by Gasteiger charge is -2.01. The van der Waals surface area contributed by atoms with Crippen LogP contribution in [0.3, 0.4) is 0 Å². The second-order valence-corrected chi connectivity index (χ2v) is 3.71. The molecule has 0 aliphatic carbocycles. The van der Waals surface area contributed by atoms with E-state index in [1.807, 2.05) is 60.6 Å². The van der Waals surface area contributed by atoms with Gasteiger partial charge in [-0.25, -0.2) is 0 Å². The molecule has 0 saturated carbocycles. The number of hydrogen-bond donors (Lipinski definition) is 0. The third-order valence-corrected chi connectivity index (χ3v) is 1.75. The number of allylic oxidation sites excluding steroid dienone is 5. The van der Waals surface area contributed by atoms with Gasteiger partial charge in [0, 0.05) is 5.57 Å². The highest BCUT2D eigenvalue weighted by Gasteiger charge is 2.10. The highest BCUT2D eigenvalue weighted by molar-refractivity contribution is 9.10. The Labute approximate surface area is 123 Å². The van der Waals surface area contributed by atoms with E-state index in [-0.39, 0.29) is 10.6 Å². The number of alkyl halides is 1. The van der Waals surface area contributed by atoms with E-state index < -0.39 is 0 Å². The normalized spacial score (nSPS) is 10.8. The standard InChI is InChI=1S/C10H13BrO.3C2H6/c1-4-6-7-9(5-2)10(12)8(3)11;3*1-2/h4-8H,2H2,1,3H3;3*1-2H3/b6-4-,9-7+;;;. The minimum atomic E-state index is -0.146. The molecule has 0 heterocycles. The van der Waals surface area contributed by atoms with Gasteiger partial charge in [0.1, 0.15) is 0 Å². The number of ketones is 1. The van der Waals surface area contributed by atoms with E-state index in [0.717, 1.165) is 0 Å². The molecule has 0 aliphatic heterocycles. The number of rotatable bonds is 4. The van der Waals surface area contributed by atoms with Crippen molar-refractivity contribution in [3.8, 4) is 0 Å². The first-order valence-corrected chi connectivity index (χ1v) is 7.68. The molecular weight excluding hydrogens is 288 g/mol. The second-order valence-electron chi connectivity index (χ2n) is 2.33. The van der Waals surface area contributed by atoms with Crippen molar-refractivity contribution in [2.75, 3.05) is 0 Å². The van der Waals surface area contributed by atoms with Crippen molar-refractivity contribution in [3.05, 3.63) is 36.5 Å². The molecule has 1 unspecified atom stereocenters. The van der Waals surface area contributed by atoms with Gasteiger partial charge >= 0.3 is 0 Å². The van der Waals surface area contributed by atoms with E-state index in [1.54, 1.807) is 19.1 Å². The van der Waals surface area contributed by atoms with Crippen molar-refractivity contribution >= 4 is 21.7 Å². The van der Waals surface area contributed by atoms with Crippen molar-refractivity contribution in [2.24, 2.45) is 0 Å². The van der Waals surface area contributed by atoms with Gasteiger partial charge in [0.2, 0.25) is 0 Å². The van der Waals surface area contributed by atoms with Crippen molar-refractivity contribution < 1.29 is 4.79 Å².